The van der Waals surface area contributed by atoms with Crippen LogP contribution in [0.1, 0.15) is 23.5 Å². The fraction of sp³-hybridized carbons (Fsp3) is 0.385. The molecule has 1 aliphatic heterocycles. The zero-order valence-electron chi connectivity index (χ0n) is 9.28. The molecule has 0 spiro atoms. The van der Waals surface area contributed by atoms with Crippen molar-refractivity contribution < 1.29 is 18.3 Å². The topological polar surface area (TPSA) is 33.4 Å². The molecular weight excluding hydrogens is 226 g/mol. The molecule has 4 heteroatoms. The van der Waals surface area contributed by atoms with Gasteiger partial charge in [0, 0.05) is 5.56 Å². The lowest BCUT2D eigenvalue weighted by molar-refractivity contribution is -0.215. The van der Waals surface area contributed by atoms with E-state index >= 15 is 0 Å². The minimum Gasteiger partial charge on any atom is -0.464 e. The molecule has 0 aromatic carbocycles. The van der Waals surface area contributed by atoms with Crippen molar-refractivity contribution in [2.75, 3.05) is 0 Å². The molecule has 2 aliphatic carbocycles. The summed E-state index contributed by atoms with van der Waals surface area (Å²) in [6.07, 6.45) is -1.68. The summed E-state index contributed by atoms with van der Waals surface area (Å²) in [5.41, 5.74) is 2.72. The smallest absolute Gasteiger partial charge is 0.356 e. The van der Waals surface area contributed by atoms with Crippen LogP contribution >= 0.6 is 0 Å². The summed E-state index contributed by atoms with van der Waals surface area (Å²) < 4.78 is 30.9. The maximum Gasteiger partial charge on any atom is 0.356 e. The van der Waals surface area contributed by atoms with Gasteiger partial charge in [0.05, 0.1) is 12.2 Å². The van der Waals surface area contributed by atoms with Crippen molar-refractivity contribution in [1.82, 2.24) is 0 Å². The van der Waals surface area contributed by atoms with Gasteiger partial charge in [0.2, 0.25) is 0 Å². The van der Waals surface area contributed by atoms with Crippen LogP contribution in [-0.4, -0.2) is 11.2 Å². The van der Waals surface area contributed by atoms with Crippen LogP contribution in [0.5, 0.6) is 0 Å². The maximum atomic E-state index is 12.8. The van der Waals surface area contributed by atoms with Gasteiger partial charge in [-0.2, -0.15) is 8.78 Å². The quantitative estimate of drug-likeness (QED) is 0.870. The first-order chi connectivity index (χ1) is 7.98. The monoisotopic (exact) mass is 238 g/mol. The molecule has 0 bridgehead atoms. The SMILES string of the molecule is Cc1cc2occcc-2c1C1CC1C(O)(F)F. The lowest BCUT2D eigenvalue weighted by Crippen LogP contribution is -2.18. The molecule has 1 heterocycles. The molecule has 3 aliphatic rings. The molecule has 0 amide bonds. The Morgan fingerprint density at radius 2 is 2.24 bits per heavy atom. The summed E-state index contributed by atoms with van der Waals surface area (Å²) >= 11 is 0. The first kappa shape index (κ1) is 10.7. The first-order valence-electron chi connectivity index (χ1n) is 5.55. The van der Waals surface area contributed by atoms with Crippen LogP contribution in [0.4, 0.5) is 8.78 Å². The summed E-state index contributed by atoms with van der Waals surface area (Å²) in [7, 11) is 0. The second-order valence-corrected chi connectivity index (χ2v) is 4.67. The number of hydrogen-bond donors (Lipinski definition) is 1. The van der Waals surface area contributed by atoms with Gasteiger partial charge in [0.25, 0.3) is 0 Å². The third kappa shape index (κ3) is 1.63. The number of rotatable bonds is 2. The molecule has 0 saturated heterocycles. The molecule has 3 rings (SSSR count). The Kier molecular flexibility index (Phi) is 2.08. The average Bonchev–Trinajstić information content (AvgIpc) is 2.95. The second-order valence-electron chi connectivity index (χ2n) is 4.67. The van der Waals surface area contributed by atoms with Gasteiger partial charge in [0.15, 0.2) is 0 Å². The van der Waals surface area contributed by atoms with E-state index in [1.165, 1.54) is 0 Å². The molecule has 1 N–H and O–H groups in total. The predicted molar refractivity (Wildman–Crippen MR) is 58.1 cm³/mol. The highest BCUT2D eigenvalue weighted by atomic mass is 19.3. The molecule has 1 fully saturated rings. The van der Waals surface area contributed by atoms with Crippen molar-refractivity contribution >= 4 is 0 Å². The van der Waals surface area contributed by atoms with Gasteiger partial charge in [-0.3, -0.25) is 0 Å². The second kappa shape index (κ2) is 3.29. The van der Waals surface area contributed by atoms with Crippen molar-refractivity contribution in [1.29, 1.82) is 0 Å². The molecule has 2 atom stereocenters. The summed E-state index contributed by atoms with van der Waals surface area (Å²) in [6, 6.07) is 5.47. The zero-order valence-corrected chi connectivity index (χ0v) is 9.28. The van der Waals surface area contributed by atoms with Crippen molar-refractivity contribution in [2.45, 2.75) is 25.4 Å². The van der Waals surface area contributed by atoms with Crippen LogP contribution in [0, 0.1) is 12.8 Å². The van der Waals surface area contributed by atoms with E-state index in [2.05, 4.69) is 0 Å². The van der Waals surface area contributed by atoms with Gasteiger partial charge in [-0.25, -0.2) is 0 Å². The van der Waals surface area contributed by atoms with E-state index < -0.39 is 12.0 Å². The van der Waals surface area contributed by atoms with Crippen LogP contribution in [0.25, 0.3) is 11.3 Å². The Hall–Kier alpha value is -1.42. The van der Waals surface area contributed by atoms with E-state index in [1.807, 2.05) is 19.1 Å². The molecular formula is C13H12F2O2. The largest absolute Gasteiger partial charge is 0.464 e. The Balaban J connectivity index is 2.01. The molecule has 2 unspecified atom stereocenters. The summed E-state index contributed by atoms with van der Waals surface area (Å²) in [5, 5.41) is 8.73. The normalized spacial score (nSPS) is 24.2. The Morgan fingerprint density at radius 1 is 1.47 bits per heavy atom. The van der Waals surface area contributed by atoms with Gasteiger partial charge < -0.3 is 9.52 Å². The highest BCUT2D eigenvalue weighted by molar-refractivity contribution is 5.70. The highest BCUT2D eigenvalue weighted by Gasteiger charge is 2.55. The first-order valence-corrected chi connectivity index (χ1v) is 5.55. The minimum atomic E-state index is -3.58. The third-order valence-electron chi connectivity index (χ3n) is 3.47. The number of alkyl halides is 2. The van der Waals surface area contributed by atoms with Crippen LogP contribution in [0.3, 0.4) is 0 Å². The minimum absolute atomic E-state index is 0.259. The Bertz CT molecular complexity index is 527. The van der Waals surface area contributed by atoms with E-state index in [9.17, 15) is 8.78 Å². The van der Waals surface area contributed by atoms with Gasteiger partial charge in [-0.15, -0.1) is 0 Å². The molecule has 2 nitrogen and oxygen atoms in total. The Labute approximate surface area is 97.2 Å². The number of halogens is 2. The molecule has 0 aromatic heterocycles. The standard InChI is InChI=1S/C13H12F2O2/c1-7-5-11-8(3-2-4-17-11)12(7)9-6-10(9)13(14,15)16/h2-5,9-10,16H,6H2,1H3. The highest BCUT2D eigenvalue weighted by Crippen LogP contribution is 2.58. The van der Waals surface area contributed by atoms with Crippen LogP contribution in [-0.2, 0) is 0 Å². The van der Waals surface area contributed by atoms with Gasteiger partial charge in [-0.05, 0) is 48.6 Å². The van der Waals surface area contributed by atoms with E-state index in [0.717, 1.165) is 16.7 Å². The number of aryl methyl sites for hydroxylation is 1. The van der Waals surface area contributed by atoms with Crippen LogP contribution in [0.2, 0.25) is 0 Å². The molecule has 1 saturated carbocycles. The average molecular weight is 238 g/mol. The zero-order chi connectivity index (χ0) is 12.2. The van der Waals surface area contributed by atoms with E-state index in [0.29, 0.717) is 12.2 Å². The maximum absolute atomic E-state index is 12.8. The summed E-state index contributed by atoms with van der Waals surface area (Å²) in [5.74, 6) is -0.496. The number of hydrogen-bond acceptors (Lipinski definition) is 2. The lowest BCUT2D eigenvalue weighted by Gasteiger charge is -2.09. The van der Waals surface area contributed by atoms with Gasteiger partial charge >= 0.3 is 6.11 Å². The molecule has 17 heavy (non-hydrogen) atoms. The molecule has 0 aromatic rings. The number of fused-ring (bicyclic) bond motifs is 1. The third-order valence-corrected chi connectivity index (χ3v) is 3.47. The van der Waals surface area contributed by atoms with Gasteiger partial charge in [-0.1, -0.05) is 0 Å². The van der Waals surface area contributed by atoms with Crippen molar-refractivity contribution in [3.63, 3.8) is 0 Å². The number of aliphatic hydroxyl groups is 1. The summed E-state index contributed by atoms with van der Waals surface area (Å²) in [6.45, 7) is 1.88. The lowest BCUT2D eigenvalue weighted by atomic mass is 10.0. The van der Waals surface area contributed by atoms with E-state index in [-0.39, 0.29) is 5.92 Å². The van der Waals surface area contributed by atoms with Crippen LogP contribution in [0.15, 0.2) is 28.9 Å². The van der Waals surface area contributed by atoms with Crippen molar-refractivity contribution in [3.05, 3.63) is 35.6 Å². The fourth-order valence-electron chi connectivity index (χ4n) is 2.60. The molecule has 90 valence electrons. The molecule has 0 radical (unpaired) electrons. The van der Waals surface area contributed by atoms with E-state index in [1.54, 1.807) is 12.3 Å². The predicted octanol–water partition coefficient (Wildman–Crippen LogP) is 3.38. The van der Waals surface area contributed by atoms with Crippen molar-refractivity contribution in [2.24, 2.45) is 5.92 Å². The van der Waals surface area contributed by atoms with Crippen LogP contribution < -0.4 is 0 Å². The van der Waals surface area contributed by atoms with E-state index in [4.69, 9.17) is 9.52 Å². The Morgan fingerprint density at radius 3 is 2.88 bits per heavy atom. The fourth-order valence-corrected chi connectivity index (χ4v) is 2.60. The summed E-state index contributed by atoms with van der Waals surface area (Å²) in [4.78, 5) is 0. The van der Waals surface area contributed by atoms with Gasteiger partial charge in [0.1, 0.15) is 5.76 Å². The van der Waals surface area contributed by atoms with Crippen molar-refractivity contribution in [3.8, 4) is 11.3 Å².